The number of aromatic nitrogens is 4. The number of benzene rings is 1. The van der Waals surface area contributed by atoms with E-state index < -0.39 is 0 Å². The number of ether oxygens (including phenoxy) is 1. The van der Waals surface area contributed by atoms with E-state index in [9.17, 15) is 5.11 Å². The lowest BCUT2D eigenvalue weighted by molar-refractivity contribution is -0.0300. The zero-order valence-electron chi connectivity index (χ0n) is 20.9. The van der Waals surface area contributed by atoms with Gasteiger partial charge in [-0.3, -0.25) is 4.90 Å². The first-order chi connectivity index (χ1) is 17.7. The van der Waals surface area contributed by atoms with E-state index in [1.165, 1.54) is 19.3 Å². The maximum atomic E-state index is 9.61. The number of hydrogen-bond donors (Lipinski definition) is 4. The molecule has 2 saturated heterocycles. The number of aliphatic hydroxyl groups is 1. The Morgan fingerprint density at radius 2 is 1.86 bits per heavy atom. The van der Waals surface area contributed by atoms with Crippen molar-refractivity contribution in [3.05, 3.63) is 24.5 Å². The minimum absolute atomic E-state index is 0.135. The predicted octanol–water partition coefficient (Wildman–Crippen LogP) is 3.50. The number of nitrogens with zero attached hydrogens (tertiary/aromatic N) is 5. The van der Waals surface area contributed by atoms with Crippen molar-refractivity contribution in [2.45, 2.75) is 63.1 Å². The van der Waals surface area contributed by atoms with Gasteiger partial charge in [-0.05, 0) is 37.8 Å². The number of nitrogens with one attached hydrogen (secondary N) is 3. The molecule has 4 heterocycles. The summed E-state index contributed by atoms with van der Waals surface area (Å²) in [6.45, 7) is 3.65. The molecule has 10 nitrogen and oxygen atoms in total. The molecule has 1 saturated carbocycles. The molecule has 0 bridgehead atoms. The van der Waals surface area contributed by atoms with Gasteiger partial charge in [-0.25, -0.2) is 4.98 Å². The molecule has 2 aliphatic heterocycles. The molecule has 4 N–H and O–H groups in total. The summed E-state index contributed by atoms with van der Waals surface area (Å²) in [6.07, 6.45) is 9.90. The normalized spacial score (nSPS) is 20.4. The summed E-state index contributed by atoms with van der Waals surface area (Å²) in [6, 6.07) is 7.27. The van der Waals surface area contributed by atoms with Gasteiger partial charge in [0, 0.05) is 50.0 Å². The Balaban J connectivity index is 1.17. The first kappa shape index (κ1) is 23.3. The van der Waals surface area contributed by atoms with E-state index in [0.717, 1.165) is 80.3 Å². The van der Waals surface area contributed by atoms with E-state index in [2.05, 4.69) is 47.5 Å². The molecule has 1 aliphatic carbocycles. The van der Waals surface area contributed by atoms with Crippen molar-refractivity contribution in [1.29, 1.82) is 0 Å². The molecule has 3 aromatic rings. The van der Waals surface area contributed by atoms with Crippen LogP contribution in [0, 0.1) is 0 Å². The second-order valence-electron chi connectivity index (χ2n) is 10.3. The molecule has 1 aromatic carbocycles. The highest BCUT2D eigenvalue weighted by Crippen LogP contribution is 2.34. The van der Waals surface area contributed by atoms with Crippen molar-refractivity contribution in [3.63, 3.8) is 0 Å². The lowest BCUT2D eigenvalue weighted by atomic mass is 9.95. The fourth-order valence-electron chi connectivity index (χ4n) is 5.81. The Labute approximate surface area is 211 Å². The second-order valence-corrected chi connectivity index (χ2v) is 10.3. The molecule has 0 spiro atoms. The van der Waals surface area contributed by atoms with Crippen LogP contribution in [0.2, 0.25) is 0 Å². The van der Waals surface area contributed by atoms with E-state index in [-0.39, 0.29) is 6.10 Å². The van der Waals surface area contributed by atoms with Gasteiger partial charge in [0.25, 0.3) is 0 Å². The van der Waals surface area contributed by atoms with Crippen LogP contribution in [0.15, 0.2) is 24.5 Å². The first-order valence-corrected chi connectivity index (χ1v) is 13.3. The number of methoxy groups -OCH3 is 1. The van der Waals surface area contributed by atoms with Gasteiger partial charge in [0.1, 0.15) is 11.3 Å². The molecule has 36 heavy (non-hydrogen) atoms. The van der Waals surface area contributed by atoms with E-state index in [1.807, 2.05) is 6.07 Å². The Hall–Kier alpha value is -3.11. The van der Waals surface area contributed by atoms with Crippen molar-refractivity contribution in [2.75, 3.05) is 48.8 Å². The number of hydrogen-bond acceptors (Lipinski definition) is 9. The molecular weight excluding hydrogens is 456 g/mol. The molecule has 3 aliphatic rings. The van der Waals surface area contributed by atoms with Gasteiger partial charge in [0.15, 0.2) is 11.5 Å². The van der Waals surface area contributed by atoms with Crippen LogP contribution in [0.25, 0.3) is 11.2 Å². The molecule has 10 heteroatoms. The number of H-pyrrole nitrogens is 1. The predicted molar refractivity (Wildman–Crippen MR) is 141 cm³/mol. The number of β-amino-alcohol motifs (C(OH)–C–C–N with tert-alkyl or cyclic N) is 1. The van der Waals surface area contributed by atoms with Crippen molar-refractivity contribution in [3.8, 4) is 5.75 Å². The summed E-state index contributed by atoms with van der Waals surface area (Å²) >= 11 is 0. The fraction of sp³-hybridized carbons (Fsp3) is 0.577. The fourth-order valence-corrected chi connectivity index (χ4v) is 5.81. The standard InChI is InChI=1S/C26H36N8O2/c1-36-22-13-19(33-11-9-18(10-12-33)34-14-20(35)15-34)7-8-21(22)30-26-31-24-23(27-16-28-24)25(32-26)29-17-5-3-2-4-6-17/h7-8,13,16-18,20,35H,2-6,9-12,14-15H2,1H3,(H3,27,28,29,30,31,32). The minimum atomic E-state index is -0.135. The van der Waals surface area contributed by atoms with Crippen LogP contribution in [0.3, 0.4) is 0 Å². The minimum Gasteiger partial charge on any atom is -0.494 e. The first-order valence-electron chi connectivity index (χ1n) is 13.3. The Morgan fingerprint density at radius 3 is 2.61 bits per heavy atom. The van der Waals surface area contributed by atoms with Crippen molar-refractivity contribution < 1.29 is 9.84 Å². The number of anilines is 4. The number of fused-ring (bicyclic) bond motifs is 1. The summed E-state index contributed by atoms with van der Waals surface area (Å²) in [5.74, 6) is 2.05. The Morgan fingerprint density at radius 1 is 1.06 bits per heavy atom. The third-order valence-corrected chi connectivity index (χ3v) is 7.90. The number of imidazole rings is 1. The van der Waals surface area contributed by atoms with Crippen LogP contribution in [-0.4, -0.2) is 81.4 Å². The topological polar surface area (TPSA) is 114 Å². The molecular formula is C26H36N8O2. The summed E-state index contributed by atoms with van der Waals surface area (Å²) in [4.78, 5) is 21.8. The zero-order valence-corrected chi connectivity index (χ0v) is 20.9. The summed E-state index contributed by atoms with van der Waals surface area (Å²) < 4.78 is 5.75. The van der Waals surface area contributed by atoms with Gasteiger partial charge < -0.3 is 30.4 Å². The van der Waals surface area contributed by atoms with E-state index >= 15 is 0 Å². The summed E-state index contributed by atoms with van der Waals surface area (Å²) in [5, 5.41) is 16.6. The van der Waals surface area contributed by atoms with Crippen LogP contribution in [0.5, 0.6) is 5.75 Å². The summed E-state index contributed by atoms with van der Waals surface area (Å²) in [5.41, 5.74) is 3.45. The third-order valence-electron chi connectivity index (χ3n) is 7.90. The number of rotatable bonds is 7. The quantitative estimate of drug-likeness (QED) is 0.393. The lowest BCUT2D eigenvalue weighted by Crippen LogP contribution is -2.57. The molecule has 3 fully saturated rings. The number of likely N-dealkylation sites (tertiary alicyclic amines) is 1. The van der Waals surface area contributed by atoms with Crippen LogP contribution < -0.4 is 20.3 Å². The summed E-state index contributed by atoms with van der Waals surface area (Å²) in [7, 11) is 1.69. The van der Waals surface area contributed by atoms with E-state index in [0.29, 0.717) is 23.7 Å². The SMILES string of the molecule is COc1cc(N2CCC(N3CC(O)C3)CC2)ccc1Nc1nc(NC2CCCCC2)c2[nH]cnc2n1. The monoisotopic (exact) mass is 492 g/mol. The zero-order chi connectivity index (χ0) is 24.5. The number of aliphatic hydroxyl groups excluding tert-OH is 1. The molecule has 0 atom stereocenters. The number of piperidine rings is 1. The highest BCUT2D eigenvalue weighted by Gasteiger charge is 2.33. The third kappa shape index (κ3) is 4.79. The highest BCUT2D eigenvalue weighted by atomic mass is 16.5. The number of aromatic amines is 1. The smallest absolute Gasteiger partial charge is 0.231 e. The molecule has 6 rings (SSSR count). The van der Waals surface area contributed by atoms with Crippen LogP contribution >= 0.6 is 0 Å². The van der Waals surface area contributed by atoms with Crippen LogP contribution in [0.1, 0.15) is 44.9 Å². The van der Waals surface area contributed by atoms with Crippen molar-refractivity contribution >= 4 is 34.3 Å². The maximum Gasteiger partial charge on any atom is 0.231 e. The van der Waals surface area contributed by atoms with Gasteiger partial charge >= 0.3 is 0 Å². The molecule has 0 radical (unpaired) electrons. The molecule has 2 aromatic heterocycles. The molecule has 0 amide bonds. The largest absolute Gasteiger partial charge is 0.494 e. The van der Waals surface area contributed by atoms with Crippen molar-refractivity contribution in [1.82, 2.24) is 24.8 Å². The van der Waals surface area contributed by atoms with E-state index in [1.54, 1.807) is 13.4 Å². The second kappa shape index (κ2) is 10.1. The van der Waals surface area contributed by atoms with Gasteiger partial charge in [-0.1, -0.05) is 19.3 Å². The average Bonchev–Trinajstić information content (AvgIpc) is 3.37. The lowest BCUT2D eigenvalue weighted by Gasteiger charge is -2.45. The van der Waals surface area contributed by atoms with Gasteiger partial charge in [0.2, 0.25) is 5.95 Å². The molecule has 0 unspecified atom stereocenters. The average molecular weight is 493 g/mol. The van der Waals surface area contributed by atoms with Crippen LogP contribution in [0.4, 0.5) is 23.1 Å². The van der Waals surface area contributed by atoms with Crippen molar-refractivity contribution in [2.24, 2.45) is 0 Å². The molecule has 192 valence electrons. The maximum absolute atomic E-state index is 9.61. The Kier molecular flexibility index (Phi) is 6.54. The van der Waals surface area contributed by atoms with Crippen LogP contribution in [-0.2, 0) is 0 Å². The highest BCUT2D eigenvalue weighted by molar-refractivity contribution is 5.84. The van der Waals surface area contributed by atoms with Gasteiger partial charge in [-0.15, -0.1) is 0 Å². The van der Waals surface area contributed by atoms with E-state index in [4.69, 9.17) is 9.72 Å². The van der Waals surface area contributed by atoms with Gasteiger partial charge in [-0.2, -0.15) is 9.97 Å². The Bertz CT molecular complexity index is 1180. The van der Waals surface area contributed by atoms with Gasteiger partial charge in [0.05, 0.1) is 25.2 Å².